The monoisotopic (exact) mass is 568 g/mol. The minimum atomic E-state index is -0.736. The van der Waals surface area contributed by atoms with E-state index < -0.39 is 6.04 Å². The first-order valence-corrected chi connectivity index (χ1v) is 12.8. The molecule has 0 aliphatic rings. The van der Waals surface area contributed by atoms with Crippen LogP contribution in [0.15, 0.2) is 77.3 Å². The average molecular weight is 569 g/mol. The van der Waals surface area contributed by atoms with Gasteiger partial charge in [-0.25, -0.2) is 0 Å². The van der Waals surface area contributed by atoms with Crippen molar-refractivity contribution < 1.29 is 23.8 Å². The lowest BCUT2D eigenvalue weighted by atomic mass is 10.0. The van der Waals surface area contributed by atoms with Crippen molar-refractivity contribution in [1.29, 1.82) is 0 Å². The van der Waals surface area contributed by atoms with Crippen LogP contribution in [-0.4, -0.2) is 49.6 Å². The van der Waals surface area contributed by atoms with E-state index in [1.165, 1.54) is 0 Å². The number of carbonyl (C=O) groups is 2. The third-order valence-electron chi connectivity index (χ3n) is 5.63. The van der Waals surface area contributed by atoms with Crippen molar-refractivity contribution in [3.8, 4) is 17.2 Å². The molecule has 37 heavy (non-hydrogen) atoms. The van der Waals surface area contributed by atoms with Crippen molar-refractivity contribution >= 4 is 27.7 Å². The quantitative estimate of drug-likeness (QED) is 0.332. The van der Waals surface area contributed by atoms with Gasteiger partial charge < -0.3 is 24.4 Å². The largest absolute Gasteiger partial charge is 0.496 e. The van der Waals surface area contributed by atoms with E-state index >= 15 is 0 Å². The summed E-state index contributed by atoms with van der Waals surface area (Å²) in [4.78, 5) is 28.7. The standard InChI is InChI=1S/C29H33BrN2O5/c1-20(2)31-29(34)27(14-21-9-6-5-7-10-21)32(18-22-11-8-12-23(30)13-22)28(33)19-37-26-16-24(35-3)15-25(17-26)36-4/h5-13,15-17,20,27H,14,18-19H2,1-4H3,(H,31,34)/t27-/m0/s1. The molecule has 0 heterocycles. The molecule has 0 fully saturated rings. The van der Waals surface area contributed by atoms with Crippen LogP contribution in [0.2, 0.25) is 0 Å². The summed E-state index contributed by atoms with van der Waals surface area (Å²) in [5.74, 6) is 0.988. The van der Waals surface area contributed by atoms with E-state index in [9.17, 15) is 9.59 Å². The number of hydrogen-bond donors (Lipinski definition) is 1. The lowest BCUT2D eigenvalue weighted by Gasteiger charge is -2.32. The molecule has 7 nitrogen and oxygen atoms in total. The summed E-state index contributed by atoms with van der Waals surface area (Å²) in [6.07, 6.45) is 0.367. The molecule has 2 amide bonds. The van der Waals surface area contributed by atoms with E-state index in [1.807, 2.05) is 68.4 Å². The number of halogens is 1. The number of ether oxygens (including phenoxy) is 3. The summed E-state index contributed by atoms with van der Waals surface area (Å²) in [5, 5.41) is 2.98. The number of nitrogens with zero attached hydrogens (tertiary/aromatic N) is 1. The Balaban J connectivity index is 1.92. The highest BCUT2D eigenvalue weighted by atomic mass is 79.9. The normalized spacial score (nSPS) is 11.5. The zero-order chi connectivity index (χ0) is 26.8. The number of methoxy groups -OCH3 is 2. The predicted octanol–water partition coefficient (Wildman–Crippen LogP) is 5.01. The molecule has 0 unspecified atom stereocenters. The van der Waals surface area contributed by atoms with Gasteiger partial charge >= 0.3 is 0 Å². The number of carbonyl (C=O) groups excluding carboxylic acids is 2. The number of nitrogens with one attached hydrogen (secondary N) is 1. The molecule has 0 saturated heterocycles. The van der Waals surface area contributed by atoms with Crippen molar-refractivity contribution in [2.75, 3.05) is 20.8 Å². The van der Waals surface area contributed by atoms with Gasteiger partial charge in [0.15, 0.2) is 6.61 Å². The molecule has 0 aliphatic heterocycles. The Morgan fingerprint density at radius 1 is 0.865 bits per heavy atom. The first kappa shape index (κ1) is 28.1. The Morgan fingerprint density at radius 2 is 1.49 bits per heavy atom. The Labute approximate surface area is 226 Å². The molecule has 0 radical (unpaired) electrons. The van der Waals surface area contributed by atoms with Gasteiger partial charge in [-0.15, -0.1) is 0 Å². The van der Waals surface area contributed by atoms with Gasteiger partial charge in [0.1, 0.15) is 23.3 Å². The third kappa shape index (κ3) is 8.53. The molecule has 8 heteroatoms. The van der Waals surface area contributed by atoms with Gasteiger partial charge in [0, 0.05) is 41.7 Å². The number of amides is 2. The van der Waals surface area contributed by atoms with Crippen LogP contribution in [0, 0.1) is 0 Å². The van der Waals surface area contributed by atoms with Crippen LogP contribution in [0.5, 0.6) is 17.2 Å². The van der Waals surface area contributed by atoms with E-state index in [2.05, 4.69) is 21.2 Å². The zero-order valence-corrected chi connectivity index (χ0v) is 23.2. The van der Waals surface area contributed by atoms with Crippen molar-refractivity contribution in [2.45, 2.75) is 38.9 Å². The maximum absolute atomic E-state index is 13.7. The minimum Gasteiger partial charge on any atom is -0.496 e. The molecule has 0 aliphatic carbocycles. The zero-order valence-electron chi connectivity index (χ0n) is 21.6. The number of hydrogen-bond acceptors (Lipinski definition) is 5. The van der Waals surface area contributed by atoms with E-state index in [0.717, 1.165) is 15.6 Å². The minimum absolute atomic E-state index is 0.0749. The molecule has 1 atom stereocenters. The van der Waals surface area contributed by atoms with Crippen molar-refractivity contribution in [1.82, 2.24) is 10.2 Å². The van der Waals surface area contributed by atoms with E-state index in [-0.39, 0.29) is 31.0 Å². The maximum Gasteiger partial charge on any atom is 0.261 e. The smallest absolute Gasteiger partial charge is 0.261 e. The van der Waals surface area contributed by atoms with Gasteiger partial charge in [-0.2, -0.15) is 0 Å². The summed E-state index contributed by atoms with van der Waals surface area (Å²) in [5.41, 5.74) is 1.85. The number of benzene rings is 3. The third-order valence-corrected chi connectivity index (χ3v) is 6.12. The highest BCUT2D eigenvalue weighted by Gasteiger charge is 2.31. The van der Waals surface area contributed by atoms with Crippen LogP contribution < -0.4 is 19.5 Å². The topological polar surface area (TPSA) is 77.1 Å². The van der Waals surface area contributed by atoms with Crippen LogP contribution in [0.3, 0.4) is 0 Å². The summed E-state index contributed by atoms with van der Waals surface area (Å²) < 4.78 is 17.4. The van der Waals surface area contributed by atoms with Crippen molar-refractivity contribution in [3.05, 3.63) is 88.4 Å². The van der Waals surface area contributed by atoms with E-state index in [0.29, 0.717) is 23.7 Å². The number of rotatable bonds is 12. The van der Waals surface area contributed by atoms with Crippen LogP contribution in [0.1, 0.15) is 25.0 Å². The maximum atomic E-state index is 13.7. The second-order valence-corrected chi connectivity index (χ2v) is 9.77. The molecule has 0 bridgehead atoms. The van der Waals surface area contributed by atoms with Gasteiger partial charge in [-0.3, -0.25) is 9.59 Å². The van der Waals surface area contributed by atoms with Gasteiger partial charge in [-0.1, -0.05) is 58.4 Å². The van der Waals surface area contributed by atoms with Gasteiger partial charge in [0.25, 0.3) is 5.91 Å². The average Bonchev–Trinajstić information content (AvgIpc) is 2.89. The lowest BCUT2D eigenvalue weighted by molar-refractivity contribution is -0.143. The highest BCUT2D eigenvalue weighted by Crippen LogP contribution is 2.27. The van der Waals surface area contributed by atoms with E-state index in [1.54, 1.807) is 37.3 Å². The fourth-order valence-electron chi connectivity index (χ4n) is 3.86. The Hall–Kier alpha value is -3.52. The van der Waals surface area contributed by atoms with Gasteiger partial charge in [0.2, 0.25) is 5.91 Å². The first-order chi connectivity index (χ1) is 17.8. The molecule has 0 saturated carbocycles. The molecule has 0 spiro atoms. The Morgan fingerprint density at radius 3 is 2.08 bits per heavy atom. The second kappa shape index (κ2) is 13.7. The highest BCUT2D eigenvalue weighted by molar-refractivity contribution is 9.10. The second-order valence-electron chi connectivity index (χ2n) is 8.86. The summed E-state index contributed by atoms with van der Waals surface area (Å²) >= 11 is 3.50. The SMILES string of the molecule is COc1cc(OC)cc(OCC(=O)N(Cc2cccc(Br)c2)[C@@H](Cc2ccccc2)C(=O)NC(C)C)c1. The van der Waals surface area contributed by atoms with Crippen LogP contribution in [0.4, 0.5) is 0 Å². The first-order valence-electron chi connectivity index (χ1n) is 12.0. The van der Waals surface area contributed by atoms with Crippen LogP contribution in [-0.2, 0) is 22.6 Å². The lowest BCUT2D eigenvalue weighted by Crippen LogP contribution is -2.52. The summed E-state index contributed by atoms with van der Waals surface area (Å²) in [7, 11) is 3.09. The Bertz CT molecular complexity index is 1160. The molecule has 196 valence electrons. The Kier molecular flexibility index (Phi) is 10.4. The van der Waals surface area contributed by atoms with Crippen molar-refractivity contribution in [3.63, 3.8) is 0 Å². The van der Waals surface area contributed by atoms with Crippen LogP contribution in [0.25, 0.3) is 0 Å². The fourth-order valence-corrected chi connectivity index (χ4v) is 4.31. The van der Waals surface area contributed by atoms with E-state index in [4.69, 9.17) is 14.2 Å². The molecule has 3 rings (SSSR count). The van der Waals surface area contributed by atoms with Gasteiger partial charge in [-0.05, 0) is 37.1 Å². The van der Waals surface area contributed by atoms with Gasteiger partial charge in [0.05, 0.1) is 14.2 Å². The molecule has 1 N–H and O–H groups in total. The molecular weight excluding hydrogens is 536 g/mol. The molecule has 3 aromatic carbocycles. The molecular formula is C29H33BrN2O5. The predicted molar refractivity (Wildman–Crippen MR) is 147 cm³/mol. The fraction of sp³-hybridized carbons (Fsp3) is 0.310. The van der Waals surface area contributed by atoms with Crippen molar-refractivity contribution in [2.24, 2.45) is 0 Å². The molecule has 3 aromatic rings. The molecule has 0 aromatic heterocycles. The summed E-state index contributed by atoms with van der Waals surface area (Å²) in [6, 6.07) is 21.6. The summed E-state index contributed by atoms with van der Waals surface area (Å²) in [6.45, 7) is 3.78. The van der Waals surface area contributed by atoms with Crippen LogP contribution >= 0.6 is 15.9 Å².